The maximum Gasteiger partial charge on any atom is 0.322 e. The molecule has 0 fully saturated rings. The summed E-state index contributed by atoms with van der Waals surface area (Å²) in [6.07, 6.45) is 0.882. The summed E-state index contributed by atoms with van der Waals surface area (Å²) in [4.78, 5) is 27.9. The van der Waals surface area contributed by atoms with Gasteiger partial charge in [0.15, 0.2) is 0 Å². The van der Waals surface area contributed by atoms with E-state index in [2.05, 4.69) is 38.3 Å². The Hall–Kier alpha value is -3.61. The molecule has 36 heavy (non-hydrogen) atoms. The lowest BCUT2D eigenvalue weighted by Crippen LogP contribution is -2.42. The van der Waals surface area contributed by atoms with E-state index in [4.69, 9.17) is 5.10 Å². The minimum absolute atomic E-state index is 0.0681. The smallest absolute Gasteiger partial charge is 0.315 e. The zero-order valence-corrected chi connectivity index (χ0v) is 22.6. The molecule has 0 radical (unpaired) electrons. The van der Waals surface area contributed by atoms with E-state index in [-0.39, 0.29) is 29.8 Å². The third-order valence-corrected chi connectivity index (χ3v) is 5.79. The van der Waals surface area contributed by atoms with E-state index in [0.717, 1.165) is 34.6 Å². The fourth-order valence-corrected chi connectivity index (χ4v) is 3.88. The first-order valence-corrected chi connectivity index (χ1v) is 12.6. The lowest BCUT2D eigenvalue weighted by Gasteiger charge is -2.24. The molecule has 0 saturated carbocycles. The highest BCUT2D eigenvalue weighted by atomic mass is 16.2. The predicted molar refractivity (Wildman–Crippen MR) is 147 cm³/mol. The molecule has 1 aromatic heterocycles. The van der Waals surface area contributed by atoms with Crippen molar-refractivity contribution in [3.8, 4) is 5.69 Å². The molecule has 0 spiro atoms. The molecule has 0 unspecified atom stereocenters. The molecule has 0 atom stereocenters. The first kappa shape index (κ1) is 27.0. The Morgan fingerprint density at radius 3 is 2.39 bits per heavy atom. The molecule has 3 amide bonds. The Bertz CT molecular complexity index is 1210. The van der Waals surface area contributed by atoms with Gasteiger partial charge in [0.2, 0.25) is 5.91 Å². The number of carbonyl (C=O) groups is 2. The Morgan fingerprint density at radius 1 is 1.03 bits per heavy atom. The molecule has 192 valence electrons. The number of carbonyl (C=O) groups excluding carboxylic acids is 2. The molecule has 7 nitrogen and oxygen atoms in total. The summed E-state index contributed by atoms with van der Waals surface area (Å²) in [7, 11) is 0. The summed E-state index contributed by atoms with van der Waals surface area (Å²) >= 11 is 0. The van der Waals surface area contributed by atoms with Gasteiger partial charge in [-0.05, 0) is 54.7 Å². The number of nitrogens with zero attached hydrogens (tertiary/aromatic N) is 3. The van der Waals surface area contributed by atoms with Crippen molar-refractivity contribution in [2.24, 2.45) is 5.92 Å². The van der Waals surface area contributed by atoms with Crippen LogP contribution in [0.25, 0.3) is 5.69 Å². The van der Waals surface area contributed by atoms with E-state index in [1.165, 1.54) is 0 Å². The lowest BCUT2D eigenvalue weighted by atomic mass is 9.92. The van der Waals surface area contributed by atoms with Crippen LogP contribution >= 0.6 is 0 Å². The normalized spacial score (nSPS) is 11.4. The first-order chi connectivity index (χ1) is 17.0. The van der Waals surface area contributed by atoms with Crippen LogP contribution in [-0.2, 0) is 16.6 Å². The van der Waals surface area contributed by atoms with Gasteiger partial charge in [0.1, 0.15) is 12.4 Å². The maximum atomic E-state index is 13.2. The Kier molecular flexibility index (Phi) is 8.56. The van der Waals surface area contributed by atoms with Gasteiger partial charge in [-0.2, -0.15) is 5.10 Å². The summed E-state index contributed by atoms with van der Waals surface area (Å²) in [5, 5.41) is 10.7. The van der Waals surface area contributed by atoms with E-state index >= 15 is 0 Å². The lowest BCUT2D eigenvalue weighted by molar-refractivity contribution is -0.116. The molecule has 3 aromatic rings. The van der Waals surface area contributed by atoms with Crippen LogP contribution in [0.5, 0.6) is 0 Å². The van der Waals surface area contributed by atoms with Gasteiger partial charge < -0.3 is 15.5 Å². The fraction of sp³-hybridized carbons (Fsp3) is 0.414. The highest BCUT2D eigenvalue weighted by molar-refractivity contribution is 5.96. The molecule has 7 heteroatoms. The van der Waals surface area contributed by atoms with E-state index in [9.17, 15) is 9.59 Å². The summed E-state index contributed by atoms with van der Waals surface area (Å²) in [5.74, 6) is 0.509. The number of hydrogen-bond donors (Lipinski definition) is 2. The first-order valence-electron chi connectivity index (χ1n) is 12.6. The standard InChI is InChI=1S/C29H39N5O2/c1-8-22-12-10-13-23(16-22)30-28(36)33(18-20(2)3)19-27(35)31-26-17-25(29(5,6)7)32-34(26)24-14-9-11-21(4)15-24/h9-17,20H,8,18-19H2,1-7H3,(H,30,36)(H,31,35). The number of urea groups is 1. The van der Waals surface area contributed by atoms with Crippen LogP contribution in [0.3, 0.4) is 0 Å². The van der Waals surface area contributed by atoms with Crippen molar-refractivity contribution in [2.45, 2.75) is 60.3 Å². The van der Waals surface area contributed by atoms with Crippen molar-refractivity contribution in [3.05, 3.63) is 71.4 Å². The molecule has 0 aliphatic heterocycles. The summed E-state index contributed by atoms with van der Waals surface area (Å²) in [5.41, 5.74) is 4.51. The monoisotopic (exact) mass is 489 g/mol. The average Bonchev–Trinajstić information content (AvgIpc) is 3.22. The van der Waals surface area contributed by atoms with Gasteiger partial charge in [0.05, 0.1) is 11.4 Å². The van der Waals surface area contributed by atoms with Crippen LogP contribution in [0.1, 0.15) is 58.4 Å². The number of anilines is 2. The summed E-state index contributed by atoms with van der Waals surface area (Å²) in [6.45, 7) is 14.8. The molecule has 0 bridgehead atoms. The van der Waals surface area contributed by atoms with Crippen LogP contribution in [0.4, 0.5) is 16.3 Å². The summed E-state index contributed by atoms with van der Waals surface area (Å²) in [6, 6.07) is 17.4. The molecule has 0 aliphatic rings. The Morgan fingerprint density at radius 2 is 1.75 bits per heavy atom. The SMILES string of the molecule is CCc1cccc(NC(=O)N(CC(=O)Nc2cc(C(C)(C)C)nn2-c2cccc(C)c2)CC(C)C)c1. The maximum absolute atomic E-state index is 13.2. The molecular formula is C29H39N5O2. The van der Waals surface area contributed by atoms with Crippen molar-refractivity contribution in [2.75, 3.05) is 23.7 Å². The minimum atomic E-state index is -0.297. The average molecular weight is 490 g/mol. The molecule has 2 N–H and O–H groups in total. The van der Waals surface area contributed by atoms with Crippen LogP contribution in [0, 0.1) is 12.8 Å². The topological polar surface area (TPSA) is 79.3 Å². The van der Waals surface area contributed by atoms with Gasteiger partial charge in [-0.3, -0.25) is 4.79 Å². The zero-order valence-electron chi connectivity index (χ0n) is 22.6. The number of rotatable bonds is 8. The zero-order chi connectivity index (χ0) is 26.5. The Labute approximate surface area is 214 Å². The third kappa shape index (κ3) is 7.20. The fourth-order valence-electron chi connectivity index (χ4n) is 3.88. The van der Waals surface area contributed by atoms with Gasteiger partial charge in [0.25, 0.3) is 0 Å². The van der Waals surface area contributed by atoms with E-state index in [1.807, 2.05) is 75.4 Å². The van der Waals surface area contributed by atoms with Gasteiger partial charge >= 0.3 is 6.03 Å². The Balaban J connectivity index is 1.82. The number of benzene rings is 2. The number of aromatic nitrogens is 2. The predicted octanol–water partition coefficient (Wildman–Crippen LogP) is 6.17. The second-order valence-electron chi connectivity index (χ2n) is 10.7. The molecule has 1 heterocycles. The van der Waals surface area contributed by atoms with Gasteiger partial charge in [-0.1, -0.05) is 65.8 Å². The number of amides is 3. The molecule has 0 saturated heterocycles. The van der Waals surface area contributed by atoms with Crippen molar-refractivity contribution in [3.63, 3.8) is 0 Å². The largest absolute Gasteiger partial charge is 0.322 e. The van der Waals surface area contributed by atoms with Gasteiger partial charge in [-0.25, -0.2) is 9.48 Å². The van der Waals surface area contributed by atoms with Crippen LogP contribution < -0.4 is 10.6 Å². The van der Waals surface area contributed by atoms with E-state index < -0.39 is 0 Å². The second kappa shape index (κ2) is 11.4. The van der Waals surface area contributed by atoms with Crippen LogP contribution in [0.15, 0.2) is 54.6 Å². The molecule has 0 aliphatic carbocycles. The van der Waals surface area contributed by atoms with Crippen molar-refractivity contribution < 1.29 is 9.59 Å². The summed E-state index contributed by atoms with van der Waals surface area (Å²) < 4.78 is 1.76. The highest BCUT2D eigenvalue weighted by Crippen LogP contribution is 2.26. The van der Waals surface area contributed by atoms with Crippen LogP contribution in [0.2, 0.25) is 0 Å². The van der Waals surface area contributed by atoms with Crippen molar-refractivity contribution in [1.82, 2.24) is 14.7 Å². The van der Waals surface area contributed by atoms with E-state index in [1.54, 1.807) is 9.58 Å². The third-order valence-electron chi connectivity index (χ3n) is 5.79. The van der Waals surface area contributed by atoms with Crippen molar-refractivity contribution in [1.29, 1.82) is 0 Å². The highest BCUT2D eigenvalue weighted by Gasteiger charge is 2.23. The van der Waals surface area contributed by atoms with Gasteiger partial charge in [-0.15, -0.1) is 0 Å². The molecule has 3 rings (SSSR count). The minimum Gasteiger partial charge on any atom is -0.315 e. The number of nitrogens with one attached hydrogen (secondary N) is 2. The molecule has 2 aromatic carbocycles. The number of hydrogen-bond acceptors (Lipinski definition) is 3. The quantitative estimate of drug-likeness (QED) is 0.397. The molecular weight excluding hydrogens is 450 g/mol. The van der Waals surface area contributed by atoms with E-state index in [0.29, 0.717) is 12.4 Å². The van der Waals surface area contributed by atoms with Crippen molar-refractivity contribution >= 4 is 23.4 Å². The van der Waals surface area contributed by atoms with Gasteiger partial charge in [0, 0.05) is 23.7 Å². The second-order valence-corrected chi connectivity index (χ2v) is 10.7. The van der Waals surface area contributed by atoms with Crippen LogP contribution in [-0.4, -0.2) is 39.7 Å². The number of aryl methyl sites for hydroxylation is 2.